The van der Waals surface area contributed by atoms with Gasteiger partial charge in [-0.3, -0.25) is 9.48 Å². The lowest BCUT2D eigenvalue weighted by molar-refractivity contribution is 0.102. The molecule has 3 aromatic carbocycles. The van der Waals surface area contributed by atoms with Crippen LogP contribution in [0.25, 0.3) is 10.9 Å². The Morgan fingerprint density at radius 3 is 2.44 bits per heavy atom. The van der Waals surface area contributed by atoms with E-state index in [0.29, 0.717) is 17.8 Å². The number of halogens is 1. The van der Waals surface area contributed by atoms with E-state index in [1.807, 2.05) is 36.4 Å². The van der Waals surface area contributed by atoms with Crippen LogP contribution < -0.4 is 5.32 Å². The maximum Gasteiger partial charge on any atom is 0.255 e. The van der Waals surface area contributed by atoms with Crippen molar-refractivity contribution >= 4 is 22.5 Å². The molecule has 34 heavy (non-hydrogen) atoms. The third-order valence-corrected chi connectivity index (χ3v) is 6.23. The van der Waals surface area contributed by atoms with E-state index in [0.717, 1.165) is 23.0 Å². The highest BCUT2D eigenvalue weighted by molar-refractivity contribution is 6.06. The number of nitrogens with zero attached hydrogens (tertiary/aromatic N) is 3. The average molecular weight is 453 g/mol. The Morgan fingerprint density at radius 1 is 0.941 bits per heavy atom. The summed E-state index contributed by atoms with van der Waals surface area (Å²) in [7, 11) is 0. The van der Waals surface area contributed by atoms with Gasteiger partial charge >= 0.3 is 0 Å². The summed E-state index contributed by atoms with van der Waals surface area (Å²) in [6, 6.07) is 22.5. The number of amides is 1. The fourth-order valence-corrected chi connectivity index (χ4v) is 4.26. The van der Waals surface area contributed by atoms with Crippen LogP contribution >= 0.6 is 0 Å². The molecule has 1 N–H and O–H groups in total. The van der Waals surface area contributed by atoms with Gasteiger partial charge in [0.05, 0.1) is 18.4 Å². The molecule has 0 unspecified atom stereocenters. The standard InChI is InChI=1S/C28H25FN4O/c1-19-20(2)33(17-21-6-4-3-5-7-21)27-13-10-23(14-26(19)27)28(34)31-25-15-30-32(18-25)16-22-8-11-24(29)12-9-22/h3-15,18H,16-17H2,1-2H3,(H,31,34). The van der Waals surface area contributed by atoms with Crippen LogP contribution in [0, 0.1) is 19.7 Å². The van der Waals surface area contributed by atoms with Crippen LogP contribution in [-0.2, 0) is 13.1 Å². The van der Waals surface area contributed by atoms with Crippen molar-refractivity contribution in [1.82, 2.24) is 14.3 Å². The first-order chi connectivity index (χ1) is 16.5. The lowest BCUT2D eigenvalue weighted by atomic mass is 10.1. The molecule has 5 rings (SSSR count). The van der Waals surface area contributed by atoms with Gasteiger partial charge in [0.25, 0.3) is 5.91 Å². The van der Waals surface area contributed by atoms with Crippen molar-refractivity contribution in [3.05, 3.63) is 119 Å². The fourth-order valence-electron chi connectivity index (χ4n) is 4.26. The Balaban J connectivity index is 1.34. The minimum absolute atomic E-state index is 0.184. The SMILES string of the molecule is Cc1c(C)n(Cc2ccccc2)c2ccc(C(=O)Nc3cnn(Cc4ccc(F)cc4)c3)cc12. The number of aromatic nitrogens is 3. The molecule has 0 aliphatic heterocycles. The third kappa shape index (κ3) is 4.35. The van der Waals surface area contributed by atoms with Crippen molar-refractivity contribution in [3.63, 3.8) is 0 Å². The van der Waals surface area contributed by atoms with Crippen molar-refractivity contribution in [2.45, 2.75) is 26.9 Å². The molecule has 0 aliphatic carbocycles. The molecule has 6 heteroatoms. The molecule has 0 fully saturated rings. The number of fused-ring (bicyclic) bond motifs is 1. The van der Waals surface area contributed by atoms with E-state index in [1.165, 1.54) is 29.0 Å². The topological polar surface area (TPSA) is 51.9 Å². The molecule has 2 aromatic heterocycles. The molecular weight excluding hydrogens is 427 g/mol. The third-order valence-electron chi connectivity index (χ3n) is 6.23. The summed E-state index contributed by atoms with van der Waals surface area (Å²) < 4.78 is 17.1. The zero-order chi connectivity index (χ0) is 23.7. The zero-order valence-electron chi connectivity index (χ0n) is 19.1. The second-order valence-corrected chi connectivity index (χ2v) is 8.52. The second-order valence-electron chi connectivity index (χ2n) is 8.52. The average Bonchev–Trinajstić information content (AvgIpc) is 3.38. The summed E-state index contributed by atoms with van der Waals surface area (Å²) in [4.78, 5) is 13.0. The first-order valence-corrected chi connectivity index (χ1v) is 11.2. The van der Waals surface area contributed by atoms with Gasteiger partial charge in [-0.2, -0.15) is 5.10 Å². The number of carbonyl (C=O) groups is 1. The number of anilines is 1. The number of aryl methyl sites for hydroxylation is 1. The predicted molar refractivity (Wildman–Crippen MR) is 133 cm³/mol. The van der Waals surface area contributed by atoms with E-state index in [4.69, 9.17) is 0 Å². The number of carbonyl (C=O) groups excluding carboxylic acids is 1. The molecule has 2 heterocycles. The Hall–Kier alpha value is -4.19. The van der Waals surface area contributed by atoms with Crippen LogP contribution in [0.1, 0.15) is 32.7 Å². The normalized spacial score (nSPS) is 11.1. The minimum atomic E-state index is -0.269. The van der Waals surface area contributed by atoms with Crippen molar-refractivity contribution < 1.29 is 9.18 Å². The number of benzene rings is 3. The summed E-state index contributed by atoms with van der Waals surface area (Å²) in [6.45, 7) is 5.50. The molecule has 0 saturated heterocycles. The van der Waals surface area contributed by atoms with Gasteiger partial charge in [-0.15, -0.1) is 0 Å². The van der Waals surface area contributed by atoms with Crippen molar-refractivity contribution in [2.75, 3.05) is 5.32 Å². The summed E-state index contributed by atoms with van der Waals surface area (Å²) >= 11 is 0. The maximum absolute atomic E-state index is 13.1. The second kappa shape index (κ2) is 8.98. The fraction of sp³-hybridized carbons (Fsp3) is 0.143. The number of nitrogens with one attached hydrogen (secondary N) is 1. The van der Waals surface area contributed by atoms with Crippen LogP contribution in [0.3, 0.4) is 0 Å². The summed E-state index contributed by atoms with van der Waals surface area (Å²) in [5.74, 6) is -0.453. The van der Waals surface area contributed by atoms with Crippen LogP contribution in [0.15, 0.2) is 85.2 Å². The Kier molecular flexibility index (Phi) is 5.72. The molecule has 170 valence electrons. The van der Waals surface area contributed by atoms with Gasteiger partial charge in [0.2, 0.25) is 0 Å². The lowest BCUT2D eigenvalue weighted by Crippen LogP contribution is -2.11. The molecule has 0 radical (unpaired) electrons. The quantitative estimate of drug-likeness (QED) is 0.347. The van der Waals surface area contributed by atoms with E-state index in [2.05, 4.69) is 41.0 Å². The first-order valence-electron chi connectivity index (χ1n) is 11.2. The molecule has 0 bridgehead atoms. The van der Waals surface area contributed by atoms with Gasteiger partial charge in [0.15, 0.2) is 0 Å². The van der Waals surface area contributed by atoms with Crippen LogP contribution in [-0.4, -0.2) is 20.3 Å². The van der Waals surface area contributed by atoms with Gasteiger partial charge in [-0.1, -0.05) is 42.5 Å². The predicted octanol–water partition coefficient (Wildman–Crippen LogP) is 5.94. The smallest absolute Gasteiger partial charge is 0.255 e. The van der Waals surface area contributed by atoms with Gasteiger partial charge in [-0.25, -0.2) is 4.39 Å². The Bertz CT molecular complexity index is 1470. The van der Waals surface area contributed by atoms with Gasteiger partial charge in [0, 0.05) is 34.9 Å². The Labute approximate surface area is 197 Å². The van der Waals surface area contributed by atoms with E-state index in [-0.39, 0.29) is 11.7 Å². The highest BCUT2D eigenvalue weighted by Crippen LogP contribution is 2.27. The molecule has 1 amide bonds. The number of rotatable bonds is 6. The highest BCUT2D eigenvalue weighted by Gasteiger charge is 2.15. The summed E-state index contributed by atoms with van der Waals surface area (Å²) in [5.41, 5.74) is 6.86. The van der Waals surface area contributed by atoms with E-state index in [1.54, 1.807) is 29.2 Å². The maximum atomic E-state index is 13.1. The van der Waals surface area contributed by atoms with E-state index in [9.17, 15) is 9.18 Å². The van der Waals surface area contributed by atoms with Crippen molar-refractivity contribution in [1.29, 1.82) is 0 Å². The van der Waals surface area contributed by atoms with Crippen molar-refractivity contribution in [3.8, 4) is 0 Å². The van der Waals surface area contributed by atoms with Gasteiger partial charge in [0.1, 0.15) is 5.82 Å². The molecule has 5 aromatic rings. The summed E-state index contributed by atoms with van der Waals surface area (Å²) in [5, 5.41) is 8.31. The molecule has 0 saturated carbocycles. The number of hydrogen-bond donors (Lipinski definition) is 1. The lowest BCUT2D eigenvalue weighted by Gasteiger charge is -2.09. The number of hydrogen-bond acceptors (Lipinski definition) is 2. The minimum Gasteiger partial charge on any atom is -0.340 e. The first kappa shape index (κ1) is 21.6. The monoisotopic (exact) mass is 452 g/mol. The van der Waals surface area contributed by atoms with E-state index >= 15 is 0 Å². The van der Waals surface area contributed by atoms with Gasteiger partial charge < -0.3 is 9.88 Å². The van der Waals surface area contributed by atoms with Crippen LogP contribution in [0.2, 0.25) is 0 Å². The molecule has 5 nitrogen and oxygen atoms in total. The molecule has 0 spiro atoms. The zero-order valence-corrected chi connectivity index (χ0v) is 19.1. The molecular formula is C28H25FN4O. The largest absolute Gasteiger partial charge is 0.340 e. The molecule has 0 atom stereocenters. The summed E-state index contributed by atoms with van der Waals surface area (Å²) in [6.07, 6.45) is 3.39. The van der Waals surface area contributed by atoms with Crippen molar-refractivity contribution in [2.24, 2.45) is 0 Å². The molecule has 0 aliphatic rings. The van der Waals surface area contributed by atoms with Gasteiger partial charge in [-0.05, 0) is 60.9 Å². The Morgan fingerprint density at radius 2 is 1.68 bits per heavy atom. The van der Waals surface area contributed by atoms with Crippen LogP contribution in [0.4, 0.5) is 10.1 Å². The van der Waals surface area contributed by atoms with Crippen LogP contribution in [0.5, 0.6) is 0 Å². The highest BCUT2D eigenvalue weighted by atomic mass is 19.1. The van der Waals surface area contributed by atoms with E-state index < -0.39 is 0 Å².